The lowest BCUT2D eigenvalue weighted by Crippen LogP contribution is -2.34. The quantitative estimate of drug-likeness (QED) is 0.914. The zero-order chi connectivity index (χ0) is 16.4. The molecule has 2 N–H and O–H groups in total. The number of hydrogen-bond donors (Lipinski definition) is 2. The van der Waals surface area contributed by atoms with E-state index >= 15 is 0 Å². The van der Waals surface area contributed by atoms with Crippen molar-refractivity contribution in [1.29, 1.82) is 0 Å². The Morgan fingerprint density at radius 2 is 2.09 bits per heavy atom. The van der Waals surface area contributed by atoms with Gasteiger partial charge >= 0.3 is 0 Å². The number of anilines is 1. The Labute approximate surface area is 132 Å². The molecule has 1 aliphatic heterocycles. The summed E-state index contributed by atoms with van der Waals surface area (Å²) >= 11 is 0. The Morgan fingerprint density at radius 3 is 2.87 bits per heavy atom. The van der Waals surface area contributed by atoms with Crippen LogP contribution in [0, 0.1) is 5.82 Å². The van der Waals surface area contributed by atoms with Gasteiger partial charge in [0.1, 0.15) is 11.6 Å². The lowest BCUT2D eigenvalue weighted by Gasteiger charge is -2.23. The van der Waals surface area contributed by atoms with Gasteiger partial charge < -0.3 is 15.4 Å². The maximum atomic E-state index is 13.5. The molecule has 2 amide bonds. The van der Waals surface area contributed by atoms with E-state index < -0.39 is 6.10 Å². The Kier molecular flexibility index (Phi) is 3.97. The van der Waals surface area contributed by atoms with Crippen molar-refractivity contribution in [1.82, 2.24) is 5.32 Å². The average Bonchev–Trinajstić information content (AvgIpc) is 2.54. The molecule has 1 heterocycles. The number of halogens is 1. The van der Waals surface area contributed by atoms with E-state index in [0.717, 1.165) is 0 Å². The van der Waals surface area contributed by atoms with Gasteiger partial charge in [0.2, 0.25) is 0 Å². The van der Waals surface area contributed by atoms with Crippen LogP contribution in [-0.4, -0.2) is 17.9 Å². The summed E-state index contributed by atoms with van der Waals surface area (Å²) in [5, 5.41) is 5.36. The van der Waals surface area contributed by atoms with E-state index in [1.54, 1.807) is 43.3 Å². The van der Waals surface area contributed by atoms with E-state index in [1.807, 2.05) is 0 Å². The minimum Gasteiger partial charge on any atom is -0.479 e. The minimum absolute atomic E-state index is 0.0938. The van der Waals surface area contributed by atoms with Crippen molar-refractivity contribution in [3.63, 3.8) is 0 Å². The maximum absolute atomic E-state index is 13.5. The smallest absolute Gasteiger partial charge is 0.265 e. The van der Waals surface area contributed by atoms with Crippen molar-refractivity contribution in [2.24, 2.45) is 0 Å². The second-order valence-electron chi connectivity index (χ2n) is 5.23. The molecule has 2 aromatic rings. The van der Waals surface area contributed by atoms with Crippen LogP contribution in [0.2, 0.25) is 0 Å². The van der Waals surface area contributed by atoms with E-state index in [9.17, 15) is 14.0 Å². The third-order valence-corrected chi connectivity index (χ3v) is 3.57. The summed E-state index contributed by atoms with van der Waals surface area (Å²) in [4.78, 5) is 23.7. The van der Waals surface area contributed by atoms with Gasteiger partial charge in [0.15, 0.2) is 6.10 Å². The zero-order valence-electron chi connectivity index (χ0n) is 12.4. The molecule has 5 nitrogen and oxygen atoms in total. The molecule has 2 aromatic carbocycles. The third kappa shape index (κ3) is 3.15. The number of carbonyl (C=O) groups excluding carboxylic acids is 2. The van der Waals surface area contributed by atoms with Gasteiger partial charge in [0.05, 0.1) is 5.69 Å². The van der Waals surface area contributed by atoms with Crippen LogP contribution < -0.4 is 15.4 Å². The number of hydrogen-bond acceptors (Lipinski definition) is 3. The molecule has 23 heavy (non-hydrogen) atoms. The normalized spacial score (nSPS) is 16.1. The molecular formula is C17H15FN2O3. The van der Waals surface area contributed by atoms with Gasteiger partial charge in [-0.2, -0.15) is 0 Å². The largest absolute Gasteiger partial charge is 0.479 e. The predicted molar refractivity (Wildman–Crippen MR) is 82.7 cm³/mol. The summed E-state index contributed by atoms with van der Waals surface area (Å²) in [7, 11) is 0. The molecule has 0 aromatic heterocycles. The topological polar surface area (TPSA) is 67.4 Å². The van der Waals surface area contributed by atoms with E-state index in [4.69, 9.17) is 4.74 Å². The highest BCUT2D eigenvalue weighted by Crippen LogP contribution is 2.30. The van der Waals surface area contributed by atoms with Gasteiger partial charge in [-0.3, -0.25) is 9.59 Å². The van der Waals surface area contributed by atoms with Gasteiger partial charge in [-0.1, -0.05) is 18.2 Å². The van der Waals surface area contributed by atoms with Crippen molar-refractivity contribution in [3.8, 4) is 5.75 Å². The van der Waals surface area contributed by atoms with Gasteiger partial charge in [0, 0.05) is 17.7 Å². The highest BCUT2D eigenvalue weighted by atomic mass is 19.1. The Bertz CT molecular complexity index is 776. The summed E-state index contributed by atoms with van der Waals surface area (Å²) in [5.41, 5.74) is 1.32. The van der Waals surface area contributed by atoms with Crippen LogP contribution in [-0.2, 0) is 11.3 Å². The predicted octanol–water partition coefficient (Wildman–Crippen LogP) is 2.48. The first kappa shape index (κ1) is 15.0. The highest BCUT2D eigenvalue weighted by Gasteiger charge is 2.24. The molecule has 1 atom stereocenters. The average molecular weight is 314 g/mol. The van der Waals surface area contributed by atoms with Crippen molar-refractivity contribution < 1.29 is 18.7 Å². The summed E-state index contributed by atoms with van der Waals surface area (Å²) in [5.74, 6) is -0.493. The fraction of sp³-hybridized carbons (Fsp3) is 0.176. The molecule has 0 saturated heterocycles. The summed E-state index contributed by atoms with van der Waals surface area (Å²) < 4.78 is 19.0. The van der Waals surface area contributed by atoms with Crippen LogP contribution in [0.25, 0.3) is 0 Å². The number of amides is 2. The summed E-state index contributed by atoms with van der Waals surface area (Å²) in [6, 6.07) is 11.0. The lowest BCUT2D eigenvalue weighted by atomic mass is 10.1. The maximum Gasteiger partial charge on any atom is 0.265 e. The fourth-order valence-electron chi connectivity index (χ4n) is 2.26. The van der Waals surface area contributed by atoms with Crippen molar-refractivity contribution >= 4 is 17.5 Å². The van der Waals surface area contributed by atoms with Gasteiger partial charge in [-0.15, -0.1) is 0 Å². The van der Waals surface area contributed by atoms with Gasteiger partial charge in [-0.25, -0.2) is 4.39 Å². The lowest BCUT2D eigenvalue weighted by molar-refractivity contribution is -0.122. The molecule has 0 aliphatic carbocycles. The Balaban J connectivity index is 1.72. The first-order valence-corrected chi connectivity index (χ1v) is 7.18. The molecule has 118 valence electrons. The molecule has 1 aliphatic rings. The fourth-order valence-corrected chi connectivity index (χ4v) is 2.26. The monoisotopic (exact) mass is 314 g/mol. The van der Waals surface area contributed by atoms with Crippen LogP contribution in [0.3, 0.4) is 0 Å². The number of benzene rings is 2. The van der Waals surface area contributed by atoms with Gasteiger partial charge in [-0.05, 0) is 31.2 Å². The van der Waals surface area contributed by atoms with Crippen LogP contribution in [0.15, 0.2) is 42.5 Å². The van der Waals surface area contributed by atoms with Crippen LogP contribution >= 0.6 is 0 Å². The van der Waals surface area contributed by atoms with Crippen LogP contribution in [0.1, 0.15) is 22.8 Å². The Morgan fingerprint density at radius 1 is 1.30 bits per heavy atom. The first-order valence-electron chi connectivity index (χ1n) is 7.18. The highest BCUT2D eigenvalue weighted by molar-refractivity contribution is 6.00. The van der Waals surface area contributed by atoms with Crippen molar-refractivity contribution in [3.05, 3.63) is 59.4 Å². The van der Waals surface area contributed by atoms with E-state index in [-0.39, 0.29) is 24.2 Å². The second-order valence-corrected chi connectivity index (χ2v) is 5.23. The summed E-state index contributed by atoms with van der Waals surface area (Å²) in [6.07, 6.45) is -0.612. The molecular weight excluding hydrogens is 299 g/mol. The van der Waals surface area contributed by atoms with Crippen LogP contribution in [0.5, 0.6) is 5.75 Å². The molecule has 6 heteroatoms. The number of ether oxygens (including phenoxy) is 1. The number of rotatable bonds is 3. The molecule has 3 rings (SSSR count). The molecule has 0 bridgehead atoms. The van der Waals surface area contributed by atoms with E-state index in [0.29, 0.717) is 22.6 Å². The van der Waals surface area contributed by atoms with E-state index in [2.05, 4.69) is 10.6 Å². The molecule has 1 unspecified atom stereocenters. The molecule has 0 fully saturated rings. The standard InChI is InChI=1S/C17H15FN2O3/c1-10-16(21)20-14-7-6-11(8-15(14)23-10)17(22)19-9-12-4-2-3-5-13(12)18/h2-8,10H,9H2,1H3,(H,19,22)(H,20,21). The SMILES string of the molecule is CC1Oc2cc(C(=O)NCc3ccccc3F)ccc2NC1=O. The number of nitrogens with one attached hydrogen (secondary N) is 2. The molecule has 0 saturated carbocycles. The first-order chi connectivity index (χ1) is 11.0. The van der Waals surface area contributed by atoms with Gasteiger partial charge in [0.25, 0.3) is 11.8 Å². The summed E-state index contributed by atoms with van der Waals surface area (Å²) in [6.45, 7) is 1.72. The van der Waals surface area contributed by atoms with Crippen molar-refractivity contribution in [2.75, 3.05) is 5.32 Å². The molecule has 0 spiro atoms. The van der Waals surface area contributed by atoms with Crippen molar-refractivity contribution in [2.45, 2.75) is 19.6 Å². The zero-order valence-corrected chi connectivity index (χ0v) is 12.4. The third-order valence-electron chi connectivity index (χ3n) is 3.57. The number of carbonyl (C=O) groups is 2. The second kappa shape index (κ2) is 6.08. The van der Waals surface area contributed by atoms with E-state index in [1.165, 1.54) is 6.07 Å². The minimum atomic E-state index is -0.612. The number of fused-ring (bicyclic) bond motifs is 1. The Hall–Kier alpha value is -2.89. The molecule has 0 radical (unpaired) electrons. The van der Waals surface area contributed by atoms with Crippen LogP contribution in [0.4, 0.5) is 10.1 Å².